The van der Waals surface area contributed by atoms with Crippen LogP contribution in [0.3, 0.4) is 0 Å². The highest BCUT2D eigenvalue weighted by Crippen LogP contribution is 2.11. The van der Waals surface area contributed by atoms with Gasteiger partial charge in [-0.3, -0.25) is 9.69 Å². The fraction of sp³-hybridized carbons (Fsp3) is 0.400. The zero-order chi connectivity index (χ0) is 14.1. The number of nitrogens with zero attached hydrogens (tertiary/aromatic N) is 1. The summed E-state index contributed by atoms with van der Waals surface area (Å²) in [6.45, 7) is 7.06. The minimum absolute atomic E-state index is 0.0342. The number of hydrogen-bond donors (Lipinski definition) is 2. The van der Waals surface area contributed by atoms with Gasteiger partial charge in [-0.25, -0.2) is 0 Å². The zero-order valence-corrected chi connectivity index (χ0v) is 11.4. The van der Waals surface area contributed by atoms with E-state index in [1.165, 1.54) is 5.56 Å². The summed E-state index contributed by atoms with van der Waals surface area (Å²) < 4.78 is 0. The van der Waals surface area contributed by atoms with Gasteiger partial charge in [0.25, 0.3) is 0 Å². The van der Waals surface area contributed by atoms with Crippen LogP contribution in [-0.4, -0.2) is 42.2 Å². The Balaban J connectivity index is 2.55. The molecule has 0 heterocycles. The molecule has 1 amide bonds. The van der Waals surface area contributed by atoms with Crippen LogP contribution in [0, 0.1) is 0 Å². The molecule has 1 aromatic rings. The lowest BCUT2D eigenvalue weighted by atomic mass is 10.1. The number of aliphatic hydroxyl groups is 1. The topological polar surface area (TPSA) is 52.6 Å². The Morgan fingerprint density at radius 1 is 1.53 bits per heavy atom. The molecule has 0 spiro atoms. The molecule has 0 atom stereocenters. The molecule has 2 N–H and O–H groups in total. The number of aliphatic hydroxyl groups excluding tert-OH is 1. The Morgan fingerprint density at radius 2 is 2.32 bits per heavy atom. The van der Waals surface area contributed by atoms with E-state index in [2.05, 4.69) is 18.8 Å². The summed E-state index contributed by atoms with van der Waals surface area (Å²) in [5.74, 6) is -0.0800. The molecule has 4 nitrogen and oxygen atoms in total. The third-order valence-electron chi connectivity index (χ3n) is 2.79. The van der Waals surface area contributed by atoms with Gasteiger partial charge >= 0.3 is 0 Å². The van der Waals surface area contributed by atoms with Gasteiger partial charge in [0.15, 0.2) is 0 Å². The summed E-state index contributed by atoms with van der Waals surface area (Å²) in [6, 6.07) is 7.82. The van der Waals surface area contributed by atoms with Gasteiger partial charge in [-0.1, -0.05) is 25.1 Å². The van der Waals surface area contributed by atoms with Gasteiger partial charge in [0.05, 0.1) is 13.2 Å². The number of rotatable bonds is 8. The largest absolute Gasteiger partial charge is 0.395 e. The molecule has 1 aromatic carbocycles. The van der Waals surface area contributed by atoms with Crippen LogP contribution >= 0.6 is 0 Å². The van der Waals surface area contributed by atoms with E-state index in [0.717, 1.165) is 12.1 Å². The molecule has 0 bridgehead atoms. The number of amides is 1. The van der Waals surface area contributed by atoms with Gasteiger partial charge in [-0.05, 0) is 24.1 Å². The monoisotopic (exact) mass is 262 g/mol. The number of aryl methyl sites for hydroxylation is 1. The first kappa shape index (κ1) is 15.4. The maximum absolute atomic E-state index is 11.9. The summed E-state index contributed by atoms with van der Waals surface area (Å²) in [4.78, 5) is 13.7. The van der Waals surface area contributed by atoms with Crippen molar-refractivity contribution in [1.82, 2.24) is 4.90 Å². The molecule has 1 rings (SSSR count). The van der Waals surface area contributed by atoms with Crippen LogP contribution < -0.4 is 5.32 Å². The van der Waals surface area contributed by atoms with Crippen molar-refractivity contribution >= 4 is 11.6 Å². The minimum Gasteiger partial charge on any atom is -0.395 e. The van der Waals surface area contributed by atoms with Crippen molar-refractivity contribution < 1.29 is 9.90 Å². The lowest BCUT2D eigenvalue weighted by Crippen LogP contribution is -2.35. The molecular weight excluding hydrogens is 240 g/mol. The van der Waals surface area contributed by atoms with Crippen LogP contribution in [0.15, 0.2) is 36.9 Å². The van der Waals surface area contributed by atoms with Gasteiger partial charge < -0.3 is 10.4 Å². The summed E-state index contributed by atoms with van der Waals surface area (Å²) in [7, 11) is 0. The highest BCUT2D eigenvalue weighted by Gasteiger charge is 2.09. The molecule has 104 valence electrons. The van der Waals surface area contributed by atoms with Crippen molar-refractivity contribution in [3.8, 4) is 0 Å². The van der Waals surface area contributed by atoms with E-state index in [1.807, 2.05) is 29.2 Å². The van der Waals surface area contributed by atoms with E-state index in [0.29, 0.717) is 13.1 Å². The third-order valence-corrected chi connectivity index (χ3v) is 2.79. The highest BCUT2D eigenvalue weighted by atomic mass is 16.3. The summed E-state index contributed by atoms with van der Waals surface area (Å²) in [5.41, 5.74) is 2.00. The predicted molar refractivity (Wildman–Crippen MR) is 78.2 cm³/mol. The van der Waals surface area contributed by atoms with Crippen molar-refractivity contribution in [1.29, 1.82) is 0 Å². The Labute approximate surface area is 114 Å². The van der Waals surface area contributed by atoms with Crippen molar-refractivity contribution in [2.75, 3.05) is 31.6 Å². The number of anilines is 1. The number of carbonyl (C=O) groups excluding carboxylic acids is 1. The Kier molecular flexibility index (Phi) is 6.85. The maximum atomic E-state index is 11.9. The lowest BCUT2D eigenvalue weighted by Gasteiger charge is -2.18. The summed E-state index contributed by atoms with van der Waals surface area (Å²) in [6.07, 6.45) is 2.66. The van der Waals surface area contributed by atoms with Crippen molar-refractivity contribution in [2.45, 2.75) is 13.3 Å². The molecule has 0 aliphatic rings. The fourth-order valence-electron chi connectivity index (χ4n) is 1.83. The van der Waals surface area contributed by atoms with E-state index < -0.39 is 0 Å². The quantitative estimate of drug-likeness (QED) is 0.701. The minimum atomic E-state index is -0.0800. The molecule has 0 aliphatic heterocycles. The van der Waals surface area contributed by atoms with Crippen LogP contribution in [-0.2, 0) is 11.2 Å². The first-order chi connectivity index (χ1) is 9.19. The number of carbonyl (C=O) groups is 1. The van der Waals surface area contributed by atoms with Crippen LogP contribution in [0.1, 0.15) is 12.5 Å². The second-order valence-electron chi connectivity index (χ2n) is 4.35. The smallest absolute Gasteiger partial charge is 0.238 e. The van der Waals surface area contributed by atoms with Crippen molar-refractivity contribution in [3.63, 3.8) is 0 Å². The highest BCUT2D eigenvalue weighted by molar-refractivity contribution is 5.92. The standard InChI is InChI=1S/C15H22N2O2/c1-3-8-17(9-10-18)12-15(19)16-14-7-5-6-13(4-2)11-14/h3,5-7,11,18H,1,4,8-10,12H2,2H3,(H,16,19). The number of hydrogen-bond acceptors (Lipinski definition) is 3. The van der Waals surface area contributed by atoms with E-state index in [4.69, 9.17) is 5.11 Å². The second kappa shape index (κ2) is 8.45. The number of nitrogens with one attached hydrogen (secondary N) is 1. The predicted octanol–water partition coefficient (Wildman–Crippen LogP) is 1.67. The van der Waals surface area contributed by atoms with Crippen molar-refractivity contribution in [3.05, 3.63) is 42.5 Å². The first-order valence-electron chi connectivity index (χ1n) is 6.52. The SMILES string of the molecule is C=CCN(CCO)CC(=O)Nc1cccc(CC)c1. The van der Waals surface area contributed by atoms with Crippen LogP contribution in [0.4, 0.5) is 5.69 Å². The van der Waals surface area contributed by atoms with Gasteiger partial charge in [0.1, 0.15) is 0 Å². The van der Waals surface area contributed by atoms with Crippen LogP contribution in [0.2, 0.25) is 0 Å². The Bertz CT molecular complexity index is 418. The van der Waals surface area contributed by atoms with Crippen molar-refractivity contribution in [2.24, 2.45) is 0 Å². The molecule has 0 saturated heterocycles. The van der Waals surface area contributed by atoms with Gasteiger partial charge in [-0.2, -0.15) is 0 Å². The average Bonchev–Trinajstić information content (AvgIpc) is 2.39. The lowest BCUT2D eigenvalue weighted by molar-refractivity contribution is -0.117. The van der Waals surface area contributed by atoms with E-state index in [9.17, 15) is 4.79 Å². The van der Waals surface area contributed by atoms with Crippen LogP contribution in [0.25, 0.3) is 0 Å². The molecule has 0 unspecified atom stereocenters. The maximum Gasteiger partial charge on any atom is 0.238 e. The molecule has 4 heteroatoms. The molecule has 0 aromatic heterocycles. The van der Waals surface area contributed by atoms with Gasteiger partial charge in [0.2, 0.25) is 5.91 Å². The normalized spacial score (nSPS) is 10.5. The average molecular weight is 262 g/mol. The molecule has 0 saturated carbocycles. The summed E-state index contributed by atoms with van der Waals surface area (Å²) >= 11 is 0. The Hall–Kier alpha value is -1.65. The third kappa shape index (κ3) is 5.68. The summed E-state index contributed by atoms with van der Waals surface area (Å²) in [5, 5.41) is 11.8. The van der Waals surface area contributed by atoms with Gasteiger partial charge in [0, 0.05) is 18.8 Å². The van der Waals surface area contributed by atoms with Crippen LogP contribution in [0.5, 0.6) is 0 Å². The first-order valence-corrected chi connectivity index (χ1v) is 6.52. The van der Waals surface area contributed by atoms with Gasteiger partial charge in [-0.15, -0.1) is 6.58 Å². The Morgan fingerprint density at radius 3 is 2.95 bits per heavy atom. The number of benzene rings is 1. The molecule has 0 radical (unpaired) electrons. The van der Waals surface area contributed by atoms with E-state index >= 15 is 0 Å². The molecule has 0 aliphatic carbocycles. The zero-order valence-electron chi connectivity index (χ0n) is 11.4. The molecule has 19 heavy (non-hydrogen) atoms. The molecule has 0 fully saturated rings. The van der Waals surface area contributed by atoms with E-state index in [-0.39, 0.29) is 19.1 Å². The fourth-order valence-corrected chi connectivity index (χ4v) is 1.83. The second-order valence-corrected chi connectivity index (χ2v) is 4.35. The molecular formula is C15H22N2O2. The van der Waals surface area contributed by atoms with E-state index in [1.54, 1.807) is 6.08 Å².